The molecule has 2 fully saturated rings. The molecule has 230 valence electrons. The van der Waals surface area contributed by atoms with E-state index in [1.54, 1.807) is 27.5 Å². The van der Waals surface area contributed by atoms with E-state index in [4.69, 9.17) is 16.3 Å². The molecule has 0 saturated carbocycles. The Labute approximate surface area is 258 Å². The third-order valence-electron chi connectivity index (χ3n) is 8.07. The molecule has 0 unspecified atom stereocenters. The maximum absolute atomic E-state index is 12.8. The van der Waals surface area contributed by atoms with E-state index in [2.05, 4.69) is 41.8 Å². The average Bonchev–Trinajstić information content (AvgIpc) is 3.02. The number of nitrogens with one attached hydrogen (secondary N) is 3. The van der Waals surface area contributed by atoms with E-state index in [1.807, 2.05) is 41.3 Å². The molecule has 13 heteroatoms. The molecule has 0 aliphatic carbocycles. The second-order valence-electron chi connectivity index (χ2n) is 11.2. The molecule has 0 spiro atoms. The van der Waals surface area contributed by atoms with Crippen LogP contribution in [-0.4, -0.2) is 98.6 Å². The smallest absolute Gasteiger partial charge is 0.317 e. The average molecular weight is 627 g/mol. The maximum atomic E-state index is 12.8. The zero-order valence-electron chi connectivity index (χ0n) is 25.1. The highest BCUT2D eigenvalue weighted by molar-refractivity contribution is 7.70. The Morgan fingerprint density at radius 2 is 1.72 bits per heavy atom. The summed E-state index contributed by atoms with van der Waals surface area (Å²) in [7, 11) is 0.809. The minimum atomic E-state index is -2.52. The summed E-state index contributed by atoms with van der Waals surface area (Å²) in [6.07, 6.45) is 3.68. The lowest BCUT2D eigenvalue weighted by Crippen LogP contribution is -2.55. The molecule has 2 saturated heterocycles. The van der Waals surface area contributed by atoms with Gasteiger partial charge in [0.2, 0.25) is 5.95 Å². The first-order valence-corrected chi connectivity index (χ1v) is 17.5. The number of hydrogen-bond donors (Lipinski definition) is 3. The number of para-hydroxylation sites is 1. The summed E-state index contributed by atoms with van der Waals surface area (Å²) in [5.74, 6) is 1.44. The summed E-state index contributed by atoms with van der Waals surface area (Å²) in [4.78, 5) is 27.7. The molecule has 3 heterocycles. The third kappa shape index (κ3) is 7.34. The van der Waals surface area contributed by atoms with Gasteiger partial charge in [-0.3, -0.25) is 4.90 Å². The van der Waals surface area contributed by atoms with Gasteiger partial charge in [0.1, 0.15) is 17.9 Å². The number of carbonyl (C=O) groups is 1. The quantitative estimate of drug-likeness (QED) is 0.303. The monoisotopic (exact) mass is 626 g/mol. The molecule has 2 aliphatic rings. The van der Waals surface area contributed by atoms with E-state index in [9.17, 15) is 9.36 Å². The number of anilines is 5. The largest absolute Gasteiger partial charge is 0.494 e. The van der Waals surface area contributed by atoms with Gasteiger partial charge in [-0.05, 0) is 50.4 Å². The Hall–Kier alpha value is -3.53. The maximum Gasteiger partial charge on any atom is 0.317 e. The highest BCUT2D eigenvalue weighted by Crippen LogP contribution is 2.39. The van der Waals surface area contributed by atoms with Crippen molar-refractivity contribution in [3.05, 3.63) is 53.7 Å². The fourth-order valence-corrected chi connectivity index (χ4v) is 7.02. The first-order valence-electron chi connectivity index (χ1n) is 14.5. The predicted octanol–water partition coefficient (Wildman–Crippen LogP) is 4.80. The highest BCUT2D eigenvalue weighted by atomic mass is 35.5. The number of ether oxygens (including phenoxy) is 1. The van der Waals surface area contributed by atoms with Crippen molar-refractivity contribution in [2.75, 3.05) is 82.3 Å². The zero-order chi connectivity index (χ0) is 30.6. The van der Waals surface area contributed by atoms with Crippen molar-refractivity contribution in [1.82, 2.24) is 25.1 Å². The van der Waals surface area contributed by atoms with Crippen molar-refractivity contribution in [2.24, 2.45) is 0 Å². The lowest BCUT2D eigenvalue weighted by molar-refractivity contribution is 0.0973. The molecule has 11 nitrogen and oxygen atoms in total. The van der Waals surface area contributed by atoms with E-state index < -0.39 is 7.14 Å². The van der Waals surface area contributed by atoms with Gasteiger partial charge in [-0.25, -0.2) is 9.78 Å². The number of rotatable bonds is 8. The van der Waals surface area contributed by atoms with Crippen LogP contribution in [-0.2, 0) is 4.57 Å². The van der Waals surface area contributed by atoms with E-state index in [0.717, 1.165) is 68.8 Å². The molecule has 2 aliphatic heterocycles. The summed E-state index contributed by atoms with van der Waals surface area (Å²) in [5, 5.41) is 10.3. The van der Waals surface area contributed by atoms with Crippen LogP contribution in [0.2, 0.25) is 5.02 Å². The number of nitrogens with zero attached hydrogens (tertiary/aromatic N) is 5. The number of amides is 2. The second-order valence-corrected chi connectivity index (χ2v) is 14.8. The fraction of sp³-hybridized carbons (Fsp3) is 0.433. The Morgan fingerprint density at radius 3 is 2.40 bits per heavy atom. The van der Waals surface area contributed by atoms with Crippen molar-refractivity contribution < 1.29 is 14.1 Å². The van der Waals surface area contributed by atoms with Gasteiger partial charge in [-0.1, -0.05) is 23.7 Å². The van der Waals surface area contributed by atoms with Crippen LogP contribution in [0.25, 0.3) is 0 Å². The first kappa shape index (κ1) is 30.9. The minimum absolute atomic E-state index is 0.00731. The van der Waals surface area contributed by atoms with Gasteiger partial charge in [-0.2, -0.15) is 4.98 Å². The molecule has 0 atom stereocenters. The van der Waals surface area contributed by atoms with Crippen LogP contribution in [0.4, 0.5) is 33.6 Å². The fourth-order valence-electron chi connectivity index (χ4n) is 5.73. The number of halogens is 1. The summed E-state index contributed by atoms with van der Waals surface area (Å²) >= 11 is 6.43. The molecule has 0 radical (unpaired) electrons. The van der Waals surface area contributed by atoms with Gasteiger partial charge < -0.3 is 35.1 Å². The van der Waals surface area contributed by atoms with E-state index in [0.29, 0.717) is 34.3 Å². The Bertz CT molecular complexity index is 1490. The van der Waals surface area contributed by atoms with Gasteiger partial charge in [0.25, 0.3) is 0 Å². The molecule has 5 rings (SSSR count). The molecule has 43 heavy (non-hydrogen) atoms. The lowest BCUT2D eigenvalue weighted by atomic mass is 10.0. The number of hydrogen-bond acceptors (Lipinski definition) is 9. The lowest BCUT2D eigenvalue weighted by Gasteiger charge is -2.43. The first-order chi connectivity index (χ1) is 20.7. The number of benzene rings is 2. The van der Waals surface area contributed by atoms with Crippen LogP contribution in [0.3, 0.4) is 0 Å². The Kier molecular flexibility index (Phi) is 9.64. The molecule has 2 aromatic carbocycles. The van der Waals surface area contributed by atoms with Crippen molar-refractivity contribution in [3.8, 4) is 5.75 Å². The van der Waals surface area contributed by atoms with Gasteiger partial charge in [-0.15, -0.1) is 0 Å². The summed E-state index contributed by atoms with van der Waals surface area (Å²) in [6, 6.07) is 14.1. The summed E-state index contributed by atoms with van der Waals surface area (Å²) in [6.45, 7) is 8.75. The number of piperidine rings is 1. The van der Waals surface area contributed by atoms with Crippen molar-refractivity contribution in [2.45, 2.75) is 18.9 Å². The number of urea groups is 1. The van der Waals surface area contributed by atoms with E-state index >= 15 is 0 Å². The second kappa shape index (κ2) is 13.4. The summed E-state index contributed by atoms with van der Waals surface area (Å²) < 4.78 is 18.6. The van der Waals surface area contributed by atoms with Gasteiger partial charge in [0.15, 0.2) is 5.82 Å². The van der Waals surface area contributed by atoms with E-state index in [-0.39, 0.29) is 6.03 Å². The highest BCUT2D eigenvalue weighted by Gasteiger charge is 2.29. The predicted molar refractivity (Wildman–Crippen MR) is 175 cm³/mol. The molecule has 3 N–H and O–H groups in total. The van der Waals surface area contributed by atoms with Crippen LogP contribution in [0.15, 0.2) is 48.7 Å². The van der Waals surface area contributed by atoms with Crippen LogP contribution in [0.5, 0.6) is 5.75 Å². The molecule has 1 aromatic heterocycles. The van der Waals surface area contributed by atoms with Crippen molar-refractivity contribution >= 4 is 58.9 Å². The van der Waals surface area contributed by atoms with Gasteiger partial charge >= 0.3 is 6.03 Å². The normalized spacial score (nSPS) is 16.6. The van der Waals surface area contributed by atoms with Crippen LogP contribution >= 0.6 is 18.7 Å². The summed E-state index contributed by atoms with van der Waals surface area (Å²) in [5.41, 5.74) is 2.53. The molecular formula is C30H40ClN8O3P. The van der Waals surface area contributed by atoms with Crippen molar-refractivity contribution in [1.29, 1.82) is 0 Å². The number of methoxy groups -OCH3 is 1. The third-order valence-corrected chi connectivity index (χ3v) is 9.90. The SMILES string of the molecule is CNC(=O)N1CCN(C2CCN(c3ccc(Nc4ncc(Cl)c(Nc5ccccc5P(C)(C)=O)n4)c(OC)c3)CC2)CC1. The molecular weight excluding hydrogens is 587 g/mol. The Balaban J connectivity index is 1.23. The van der Waals surface area contributed by atoms with Gasteiger partial charge in [0.05, 0.1) is 24.7 Å². The molecule has 0 bridgehead atoms. The standard InChI is InChI=1S/C30H40ClN8O3P/c1-32-30(40)39-17-15-38(16-18-39)21-11-13-37(14-12-21)22-9-10-24(26(19-22)42-2)35-29-33-20-23(31)28(36-29)34-25-7-5-6-8-27(25)43(3,4)41/h5-10,19-21H,11-18H2,1-4H3,(H,32,40)(H2,33,34,35,36). The van der Waals surface area contributed by atoms with Crippen LogP contribution < -0.4 is 30.9 Å². The Morgan fingerprint density at radius 1 is 1.00 bits per heavy atom. The zero-order valence-corrected chi connectivity index (χ0v) is 26.8. The van der Waals surface area contributed by atoms with Crippen LogP contribution in [0.1, 0.15) is 12.8 Å². The van der Waals surface area contributed by atoms with Gasteiger partial charge in [0, 0.05) is 69.4 Å². The minimum Gasteiger partial charge on any atom is -0.494 e. The van der Waals surface area contributed by atoms with E-state index in [1.165, 1.54) is 6.20 Å². The number of piperazine rings is 1. The molecule has 3 aromatic rings. The molecule has 2 amide bonds. The number of aromatic nitrogens is 2. The topological polar surface area (TPSA) is 115 Å². The number of carbonyl (C=O) groups excluding carboxylic acids is 1. The van der Waals surface area contributed by atoms with Crippen molar-refractivity contribution in [3.63, 3.8) is 0 Å². The van der Waals surface area contributed by atoms with Crippen LogP contribution in [0, 0.1) is 0 Å².